The van der Waals surface area contributed by atoms with Gasteiger partial charge in [0.25, 0.3) is 5.91 Å². The van der Waals surface area contributed by atoms with Gasteiger partial charge in [0.05, 0.1) is 6.54 Å². The molecule has 1 aromatic rings. The highest BCUT2D eigenvalue weighted by molar-refractivity contribution is 7.80. The van der Waals surface area contributed by atoms with Crippen LogP contribution in [0.25, 0.3) is 0 Å². The number of hydrogen-bond acceptors (Lipinski definition) is 4. The Hall–Kier alpha value is -2.02. The van der Waals surface area contributed by atoms with Crippen LogP contribution in [0.1, 0.15) is 29.4 Å². The lowest BCUT2D eigenvalue weighted by atomic mass is 10.2. The van der Waals surface area contributed by atoms with Crippen LogP contribution in [-0.4, -0.2) is 46.8 Å². The lowest BCUT2D eigenvalue weighted by molar-refractivity contribution is -0.121. The lowest BCUT2D eigenvalue weighted by Crippen LogP contribution is -2.38. The molecule has 108 valence electrons. The maximum absolute atomic E-state index is 12.1. The zero-order valence-electron chi connectivity index (χ0n) is 11.5. The molecule has 0 saturated carbocycles. The summed E-state index contributed by atoms with van der Waals surface area (Å²) in [6.07, 6.45) is 2.30. The molecule has 1 aromatic heterocycles. The fourth-order valence-electron chi connectivity index (χ4n) is 1.47. The summed E-state index contributed by atoms with van der Waals surface area (Å²) in [4.78, 5) is 29.1. The van der Waals surface area contributed by atoms with Gasteiger partial charge >= 0.3 is 0 Å². The maximum Gasteiger partial charge on any atom is 0.272 e. The van der Waals surface area contributed by atoms with Gasteiger partial charge in [0.2, 0.25) is 5.91 Å². The van der Waals surface area contributed by atoms with Crippen molar-refractivity contribution >= 4 is 29.0 Å². The van der Waals surface area contributed by atoms with E-state index in [1.165, 1.54) is 17.2 Å². The summed E-state index contributed by atoms with van der Waals surface area (Å²) in [5.74, 6) is -0.520. The Balaban J connectivity index is 2.64. The minimum atomic E-state index is -0.328. The number of thiocarbonyl (C=S) groups is 1. The maximum atomic E-state index is 12.1. The number of pyridine rings is 1. The summed E-state index contributed by atoms with van der Waals surface area (Å²) in [6.45, 7) is 2.56. The highest BCUT2D eigenvalue weighted by Gasteiger charge is 2.15. The molecule has 0 atom stereocenters. The number of nitrogens with one attached hydrogen (secondary N) is 1. The molecule has 0 aliphatic rings. The van der Waals surface area contributed by atoms with Crippen LogP contribution in [0.15, 0.2) is 18.3 Å². The normalized spacial score (nSPS) is 9.90. The van der Waals surface area contributed by atoms with E-state index in [1.54, 1.807) is 13.1 Å². The summed E-state index contributed by atoms with van der Waals surface area (Å²) < 4.78 is 0. The molecule has 0 bridgehead atoms. The predicted molar refractivity (Wildman–Crippen MR) is 80.4 cm³/mol. The summed E-state index contributed by atoms with van der Waals surface area (Å²) in [5.41, 5.74) is 6.30. The van der Waals surface area contributed by atoms with Crippen molar-refractivity contribution in [1.29, 1.82) is 0 Å². The number of amides is 2. The monoisotopic (exact) mass is 294 g/mol. The van der Waals surface area contributed by atoms with Gasteiger partial charge < -0.3 is 16.0 Å². The number of rotatable bonds is 6. The van der Waals surface area contributed by atoms with E-state index < -0.39 is 0 Å². The van der Waals surface area contributed by atoms with Crippen molar-refractivity contribution in [1.82, 2.24) is 15.2 Å². The summed E-state index contributed by atoms with van der Waals surface area (Å²) in [6, 6.07) is 3.17. The van der Waals surface area contributed by atoms with Crippen LogP contribution < -0.4 is 11.1 Å². The van der Waals surface area contributed by atoms with Gasteiger partial charge in [0.15, 0.2) is 0 Å². The SMILES string of the molecule is CCCNC(=O)CN(C)C(=O)c1ccc(C(N)=S)cn1. The number of hydrogen-bond donors (Lipinski definition) is 2. The molecule has 6 nitrogen and oxygen atoms in total. The van der Waals surface area contributed by atoms with Crippen LogP contribution in [-0.2, 0) is 4.79 Å². The van der Waals surface area contributed by atoms with E-state index in [0.717, 1.165) is 6.42 Å². The molecule has 0 aromatic carbocycles. The van der Waals surface area contributed by atoms with Crippen molar-refractivity contribution in [3.63, 3.8) is 0 Å². The third kappa shape index (κ3) is 4.58. The molecule has 0 radical (unpaired) electrons. The Morgan fingerprint density at radius 2 is 2.15 bits per heavy atom. The molecule has 1 heterocycles. The average molecular weight is 294 g/mol. The number of nitrogens with two attached hydrogens (primary N) is 1. The fourth-order valence-corrected chi connectivity index (χ4v) is 1.59. The number of aromatic nitrogens is 1. The number of likely N-dealkylation sites (N-methyl/N-ethyl adjacent to an activating group) is 1. The van der Waals surface area contributed by atoms with Crippen molar-refractivity contribution in [2.24, 2.45) is 5.73 Å². The van der Waals surface area contributed by atoms with Gasteiger partial charge in [-0.15, -0.1) is 0 Å². The van der Waals surface area contributed by atoms with Gasteiger partial charge in [-0.2, -0.15) is 0 Å². The molecule has 0 fully saturated rings. The lowest BCUT2D eigenvalue weighted by Gasteiger charge is -2.16. The molecule has 3 N–H and O–H groups in total. The van der Waals surface area contributed by atoms with E-state index in [0.29, 0.717) is 12.1 Å². The van der Waals surface area contributed by atoms with Crippen LogP contribution in [0.5, 0.6) is 0 Å². The summed E-state index contributed by atoms with van der Waals surface area (Å²) in [5, 5.41) is 2.71. The van der Waals surface area contributed by atoms with E-state index >= 15 is 0 Å². The molecule has 0 aliphatic heterocycles. The smallest absolute Gasteiger partial charge is 0.272 e. The third-order valence-corrected chi connectivity index (χ3v) is 2.80. The zero-order chi connectivity index (χ0) is 15.1. The van der Waals surface area contributed by atoms with Gasteiger partial charge in [-0.3, -0.25) is 14.6 Å². The van der Waals surface area contributed by atoms with E-state index in [4.69, 9.17) is 18.0 Å². The van der Waals surface area contributed by atoms with Crippen molar-refractivity contribution in [2.75, 3.05) is 20.1 Å². The third-order valence-electron chi connectivity index (χ3n) is 2.57. The molecule has 7 heteroatoms. The van der Waals surface area contributed by atoms with Crippen molar-refractivity contribution in [3.05, 3.63) is 29.6 Å². The molecule has 0 saturated heterocycles. The van der Waals surface area contributed by atoms with E-state index in [1.807, 2.05) is 6.92 Å². The molecule has 1 rings (SSSR count). The van der Waals surface area contributed by atoms with Crippen LogP contribution in [0.2, 0.25) is 0 Å². The molecule has 0 spiro atoms. The zero-order valence-corrected chi connectivity index (χ0v) is 12.4. The number of nitrogens with zero attached hydrogens (tertiary/aromatic N) is 2. The Labute approximate surface area is 123 Å². The molecule has 20 heavy (non-hydrogen) atoms. The largest absolute Gasteiger partial charge is 0.389 e. The average Bonchev–Trinajstić information content (AvgIpc) is 2.44. The number of carbonyl (C=O) groups excluding carboxylic acids is 2. The van der Waals surface area contributed by atoms with Crippen LogP contribution in [0.4, 0.5) is 0 Å². The summed E-state index contributed by atoms with van der Waals surface area (Å²) in [7, 11) is 1.55. The first-order valence-corrected chi connectivity index (χ1v) is 6.64. The number of carbonyl (C=O) groups is 2. The minimum Gasteiger partial charge on any atom is -0.389 e. The van der Waals surface area contributed by atoms with Gasteiger partial charge in [-0.1, -0.05) is 19.1 Å². The van der Waals surface area contributed by atoms with E-state index in [-0.39, 0.29) is 29.0 Å². The van der Waals surface area contributed by atoms with Gasteiger partial charge in [0.1, 0.15) is 10.7 Å². The highest BCUT2D eigenvalue weighted by Crippen LogP contribution is 2.03. The molecular formula is C13H18N4O2S. The van der Waals surface area contributed by atoms with Crippen LogP contribution >= 0.6 is 12.2 Å². The van der Waals surface area contributed by atoms with Crippen LogP contribution in [0.3, 0.4) is 0 Å². The Kier molecular flexibility index (Phi) is 6.05. The second kappa shape index (κ2) is 7.54. The Morgan fingerprint density at radius 1 is 1.45 bits per heavy atom. The van der Waals surface area contributed by atoms with Crippen LogP contribution in [0, 0.1) is 0 Å². The topological polar surface area (TPSA) is 88.3 Å². The van der Waals surface area contributed by atoms with Crippen molar-refractivity contribution in [2.45, 2.75) is 13.3 Å². The van der Waals surface area contributed by atoms with Crippen molar-refractivity contribution < 1.29 is 9.59 Å². The first-order valence-electron chi connectivity index (χ1n) is 6.23. The van der Waals surface area contributed by atoms with Gasteiger partial charge in [-0.05, 0) is 18.6 Å². The van der Waals surface area contributed by atoms with E-state index in [9.17, 15) is 9.59 Å². The quantitative estimate of drug-likeness (QED) is 0.737. The molecule has 2 amide bonds. The van der Waals surface area contributed by atoms with Gasteiger partial charge in [-0.25, -0.2) is 0 Å². The predicted octanol–water partition coefficient (Wildman–Crippen LogP) is 0.314. The Morgan fingerprint density at radius 3 is 2.65 bits per heavy atom. The Bertz CT molecular complexity index is 502. The minimum absolute atomic E-state index is 0.00241. The second-order valence-corrected chi connectivity index (χ2v) is 4.75. The standard InChI is InChI=1S/C13H18N4O2S/c1-3-6-15-11(18)8-17(2)13(19)10-5-4-9(7-16-10)12(14)20/h4-5,7H,3,6,8H2,1-2H3,(H2,14,20)(H,15,18). The molecule has 0 aliphatic carbocycles. The first kappa shape index (κ1) is 16.0. The summed E-state index contributed by atoms with van der Waals surface area (Å²) >= 11 is 4.81. The van der Waals surface area contributed by atoms with Gasteiger partial charge in [0, 0.05) is 25.4 Å². The second-order valence-electron chi connectivity index (χ2n) is 4.31. The fraction of sp³-hybridized carbons (Fsp3) is 0.385. The van der Waals surface area contributed by atoms with Crippen molar-refractivity contribution in [3.8, 4) is 0 Å². The molecular weight excluding hydrogens is 276 g/mol. The highest BCUT2D eigenvalue weighted by atomic mass is 32.1. The first-order chi connectivity index (χ1) is 9.45. The van der Waals surface area contributed by atoms with E-state index in [2.05, 4.69) is 10.3 Å². The molecule has 0 unspecified atom stereocenters.